The second-order valence-electron chi connectivity index (χ2n) is 5.47. The first-order valence-corrected chi connectivity index (χ1v) is 8.68. The Bertz CT molecular complexity index is 607. The Kier molecular flexibility index (Phi) is 4.95. The minimum atomic E-state index is -3.85. The van der Waals surface area contributed by atoms with Gasteiger partial charge in [-0.1, -0.05) is 25.5 Å². The van der Waals surface area contributed by atoms with Crippen molar-refractivity contribution in [3.8, 4) is 0 Å². The van der Waals surface area contributed by atoms with E-state index in [9.17, 15) is 18.5 Å². The van der Waals surface area contributed by atoms with E-state index in [-0.39, 0.29) is 16.6 Å². The van der Waals surface area contributed by atoms with Gasteiger partial charge in [0, 0.05) is 12.1 Å². The molecule has 0 aliphatic heterocycles. The fourth-order valence-electron chi connectivity index (χ4n) is 2.81. The number of sulfonamides is 1. The molecule has 0 heterocycles. The molecule has 1 aromatic carbocycles. The van der Waals surface area contributed by atoms with E-state index >= 15 is 0 Å². The number of nitro groups is 1. The molecule has 0 bridgehead atoms. The lowest BCUT2D eigenvalue weighted by Crippen LogP contribution is -2.37. The third-order valence-corrected chi connectivity index (χ3v) is 5.67. The average molecular weight is 312 g/mol. The van der Waals surface area contributed by atoms with Gasteiger partial charge in [-0.2, -0.15) is 0 Å². The zero-order valence-electron chi connectivity index (χ0n) is 12.0. The fourth-order valence-corrected chi connectivity index (χ4v) is 4.28. The van der Waals surface area contributed by atoms with Crippen LogP contribution in [0.3, 0.4) is 0 Å². The smallest absolute Gasteiger partial charge is 0.258 e. The van der Waals surface area contributed by atoms with Crippen molar-refractivity contribution < 1.29 is 13.3 Å². The maximum atomic E-state index is 12.4. The highest BCUT2D eigenvalue weighted by molar-refractivity contribution is 7.89. The Morgan fingerprint density at radius 3 is 2.43 bits per heavy atom. The van der Waals surface area contributed by atoms with Gasteiger partial charge in [0.1, 0.15) is 0 Å². The van der Waals surface area contributed by atoms with Crippen molar-refractivity contribution in [3.63, 3.8) is 0 Å². The van der Waals surface area contributed by atoms with Crippen LogP contribution in [0.4, 0.5) is 5.69 Å². The summed E-state index contributed by atoms with van der Waals surface area (Å²) in [5.74, 6) is 0.664. The summed E-state index contributed by atoms with van der Waals surface area (Å²) in [6.45, 7) is 2.14. The second kappa shape index (κ2) is 6.53. The van der Waals surface area contributed by atoms with Gasteiger partial charge >= 0.3 is 0 Å². The molecular weight excluding hydrogens is 292 g/mol. The summed E-state index contributed by atoms with van der Waals surface area (Å²) in [7, 11) is -3.85. The Labute approximate surface area is 124 Å². The van der Waals surface area contributed by atoms with E-state index in [0.29, 0.717) is 5.92 Å². The van der Waals surface area contributed by atoms with Gasteiger partial charge in [-0.15, -0.1) is 0 Å². The van der Waals surface area contributed by atoms with Crippen molar-refractivity contribution in [2.45, 2.75) is 50.0 Å². The molecule has 0 unspecified atom stereocenters. The van der Waals surface area contributed by atoms with Gasteiger partial charge in [0.2, 0.25) is 10.0 Å². The largest absolute Gasteiger partial charge is 0.289 e. The second-order valence-corrected chi connectivity index (χ2v) is 7.15. The molecule has 0 saturated heterocycles. The molecule has 1 aliphatic carbocycles. The van der Waals surface area contributed by atoms with Crippen LogP contribution < -0.4 is 4.72 Å². The van der Waals surface area contributed by atoms with Crippen LogP contribution in [-0.2, 0) is 10.0 Å². The van der Waals surface area contributed by atoms with E-state index in [4.69, 9.17) is 0 Å². The molecule has 1 fully saturated rings. The quantitative estimate of drug-likeness (QED) is 0.668. The molecule has 0 aromatic heterocycles. The molecule has 0 radical (unpaired) electrons. The topological polar surface area (TPSA) is 89.3 Å². The van der Waals surface area contributed by atoms with Gasteiger partial charge in [-0.25, -0.2) is 13.1 Å². The maximum absolute atomic E-state index is 12.4. The highest BCUT2D eigenvalue weighted by atomic mass is 32.2. The van der Waals surface area contributed by atoms with Crippen LogP contribution in [0, 0.1) is 16.0 Å². The summed E-state index contributed by atoms with van der Waals surface area (Å²) >= 11 is 0. The van der Waals surface area contributed by atoms with Gasteiger partial charge in [0.05, 0.1) is 4.92 Å². The lowest BCUT2D eigenvalue weighted by molar-refractivity contribution is -0.387. The average Bonchev–Trinajstić information content (AvgIpc) is 2.47. The number of para-hydroxylation sites is 1. The van der Waals surface area contributed by atoms with Gasteiger partial charge < -0.3 is 0 Å². The van der Waals surface area contributed by atoms with E-state index in [1.165, 1.54) is 24.3 Å². The molecule has 2 rings (SSSR count). The maximum Gasteiger partial charge on any atom is 0.289 e. The van der Waals surface area contributed by atoms with Crippen molar-refractivity contribution >= 4 is 15.7 Å². The summed E-state index contributed by atoms with van der Waals surface area (Å²) in [6, 6.07) is 5.32. The molecule has 1 saturated carbocycles. The summed E-state index contributed by atoms with van der Waals surface area (Å²) in [5, 5.41) is 11.0. The Morgan fingerprint density at radius 1 is 1.24 bits per heavy atom. The molecule has 7 heteroatoms. The minimum Gasteiger partial charge on any atom is -0.258 e. The Hall–Kier alpha value is -1.47. The van der Waals surface area contributed by atoms with Crippen LogP contribution in [0.15, 0.2) is 29.2 Å². The van der Waals surface area contributed by atoms with Gasteiger partial charge in [0.25, 0.3) is 5.69 Å². The highest BCUT2D eigenvalue weighted by Gasteiger charge is 2.29. The van der Waals surface area contributed by atoms with Gasteiger partial charge in [-0.05, 0) is 37.7 Å². The van der Waals surface area contributed by atoms with Crippen molar-refractivity contribution in [1.29, 1.82) is 0 Å². The zero-order valence-corrected chi connectivity index (χ0v) is 12.8. The number of hydrogen-bond acceptors (Lipinski definition) is 4. The van der Waals surface area contributed by atoms with Crippen LogP contribution in [-0.4, -0.2) is 19.4 Å². The van der Waals surface area contributed by atoms with Crippen molar-refractivity contribution in [2.75, 3.05) is 0 Å². The van der Waals surface area contributed by atoms with E-state index in [0.717, 1.165) is 32.1 Å². The zero-order chi connectivity index (χ0) is 15.5. The van der Waals surface area contributed by atoms with Crippen LogP contribution in [0.1, 0.15) is 39.0 Å². The van der Waals surface area contributed by atoms with Gasteiger partial charge in [-0.3, -0.25) is 10.1 Å². The molecular formula is C14H20N2O4S. The molecule has 6 nitrogen and oxygen atoms in total. The third-order valence-electron chi connectivity index (χ3n) is 4.10. The number of hydrogen-bond donors (Lipinski definition) is 1. The first-order valence-electron chi connectivity index (χ1n) is 7.19. The molecule has 1 aromatic rings. The van der Waals surface area contributed by atoms with Crippen LogP contribution >= 0.6 is 0 Å². The SMILES string of the molecule is CCC1CCC(NS(=O)(=O)c2ccccc2[N+](=O)[O-])CC1. The van der Waals surface area contributed by atoms with Crippen molar-refractivity contribution in [2.24, 2.45) is 5.92 Å². The summed E-state index contributed by atoms with van der Waals surface area (Å²) in [4.78, 5) is 10.0. The number of nitrogens with zero attached hydrogens (tertiary/aromatic N) is 1. The number of nitro benzene ring substituents is 1. The monoisotopic (exact) mass is 312 g/mol. The first-order chi connectivity index (χ1) is 9.94. The molecule has 1 N–H and O–H groups in total. The predicted molar refractivity (Wildman–Crippen MR) is 79.5 cm³/mol. The number of nitrogens with one attached hydrogen (secondary N) is 1. The summed E-state index contributed by atoms with van der Waals surface area (Å²) in [5.41, 5.74) is -0.382. The molecule has 0 spiro atoms. The van der Waals surface area contributed by atoms with Gasteiger partial charge in [0.15, 0.2) is 4.90 Å². The normalized spacial score (nSPS) is 22.9. The van der Waals surface area contributed by atoms with Crippen molar-refractivity contribution in [3.05, 3.63) is 34.4 Å². The van der Waals surface area contributed by atoms with Crippen LogP contribution in [0.25, 0.3) is 0 Å². The van der Waals surface area contributed by atoms with E-state index < -0.39 is 14.9 Å². The molecule has 1 aliphatic rings. The molecule has 116 valence electrons. The van der Waals surface area contributed by atoms with Crippen molar-refractivity contribution in [1.82, 2.24) is 4.72 Å². The van der Waals surface area contributed by atoms with Crippen LogP contribution in [0.5, 0.6) is 0 Å². The molecule has 0 amide bonds. The number of rotatable bonds is 5. The Balaban J connectivity index is 2.15. The van der Waals surface area contributed by atoms with E-state index in [2.05, 4.69) is 11.6 Å². The fraction of sp³-hybridized carbons (Fsp3) is 0.571. The third kappa shape index (κ3) is 3.79. The standard InChI is InChI=1S/C14H20N2O4S/c1-2-11-7-9-12(10-8-11)15-21(19,20)14-6-4-3-5-13(14)16(17)18/h3-6,11-12,15H,2,7-10H2,1H3. The summed E-state index contributed by atoms with van der Waals surface area (Å²) < 4.78 is 27.3. The Morgan fingerprint density at radius 2 is 1.86 bits per heavy atom. The highest BCUT2D eigenvalue weighted by Crippen LogP contribution is 2.29. The molecule has 21 heavy (non-hydrogen) atoms. The van der Waals surface area contributed by atoms with Crippen LogP contribution in [0.2, 0.25) is 0 Å². The number of benzene rings is 1. The molecule has 0 atom stereocenters. The minimum absolute atomic E-state index is 0.127. The van der Waals surface area contributed by atoms with E-state index in [1.807, 2.05) is 0 Å². The van der Waals surface area contributed by atoms with E-state index in [1.54, 1.807) is 0 Å². The lowest BCUT2D eigenvalue weighted by atomic mass is 9.85. The lowest BCUT2D eigenvalue weighted by Gasteiger charge is -2.28. The first kappa shape index (κ1) is 15.9. The summed E-state index contributed by atoms with van der Waals surface area (Å²) in [6.07, 6.45) is 4.70. The predicted octanol–water partition coefficient (Wildman–Crippen LogP) is 2.84.